The number of sulfone groups is 1. The molecule has 1 N–H and O–H groups in total. The molecule has 1 amide bonds. The van der Waals surface area contributed by atoms with Crippen molar-refractivity contribution >= 4 is 68.0 Å². The molecule has 0 bridgehead atoms. The molecule has 36 heavy (non-hydrogen) atoms. The Morgan fingerprint density at radius 3 is 2.25 bits per heavy atom. The summed E-state index contributed by atoms with van der Waals surface area (Å²) in [5.74, 6) is -0.567. The highest BCUT2D eigenvalue weighted by Crippen LogP contribution is 2.34. The number of rotatable bonds is 8. The molecule has 1 aromatic heterocycles. The van der Waals surface area contributed by atoms with Crippen molar-refractivity contribution in [3.05, 3.63) is 93.2 Å². The van der Waals surface area contributed by atoms with E-state index in [0.29, 0.717) is 15.9 Å². The molecule has 12 heteroatoms. The molecule has 0 saturated carbocycles. The third-order valence-corrected chi connectivity index (χ3v) is 8.39. The zero-order valence-corrected chi connectivity index (χ0v) is 22.7. The lowest BCUT2D eigenvalue weighted by Crippen LogP contribution is -2.15. The summed E-state index contributed by atoms with van der Waals surface area (Å²) in [6, 6.07) is 18.7. The van der Waals surface area contributed by atoms with Gasteiger partial charge in [-0.3, -0.25) is 9.36 Å². The minimum Gasteiger partial charge on any atom is -0.323 e. The third-order valence-electron chi connectivity index (χ3n) is 5.02. The van der Waals surface area contributed by atoms with Crippen LogP contribution < -0.4 is 5.32 Å². The molecule has 0 aliphatic heterocycles. The van der Waals surface area contributed by atoms with Crippen molar-refractivity contribution in [2.24, 2.45) is 0 Å². The number of carbonyl (C=O) groups excluding carboxylic acids is 1. The Bertz CT molecular complexity index is 1490. The number of para-hydroxylation sites is 1. The lowest BCUT2D eigenvalue weighted by molar-refractivity contribution is -0.113. The molecule has 0 aliphatic carbocycles. The molecular weight excluding hydrogens is 563 g/mol. The van der Waals surface area contributed by atoms with E-state index in [1.807, 2.05) is 37.3 Å². The van der Waals surface area contributed by atoms with Crippen molar-refractivity contribution in [3.63, 3.8) is 0 Å². The SMILES string of the molecule is Cc1ccc(S(=O)(=O)Cc2nnc(SCC(=O)Nc3c(Cl)cc(Cl)cc3Cl)n2-c2ccccc2)cc1. The quantitative estimate of drug-likeness (QED) is 0.248. The Balaban J connectivity index is 1.58. The Hall–Kier alpha value is -2.56. The van der Waals surface area contributed by atoms with E-state index in [1.54, 1.807) is 28.8 Å². The van der Waals surface area contributed by atoms with Crippen LogP contribution in [0.5, 0.6) is 0 Å². The van der Waals surface area contributed by atoms with E-state index in [4.69, 9.17) is 34.8 Å². The lowest BCUT2D eigenvalue weighted by atomic mass is 10.2. The summed E-state index contributed by atoms with van der Waals surface area (Å²) in [7, 11) is -3.68. The van der Waals surface area contributed by atoms with E-state index in [2.05, 4.69) is 15.5 Å². The van der Waals surface area contributed by atoms with Gasteiger partial charge in [-0.25, -0.2) is 8.42 Å². The first kappa shape index (κ1) is 26.5. The predicted molar refractivity (Wildman–Crippen MR) is 144 cm³/mol. The van der Waals surface area contributed by atoms with Crippen molar-refractivity contribution in [2.75, 3.05) is 11.1 Å². The highest BCUT2D eigenvalue weighted by Gasteiger charge is 2.23. The summed E-state index contributed by atoms with van der Waals surface area (Å²) < 4.78 is 27.8. The van der Waals surface area contributed by atoms with Crippen LogP contribution in [-0.2, 0) is 20.4 Å². The molecule has 0 fully saturated rings. The molecule has 0 saturated heterocycles. The Kier molecular flexibility index (Phi) is 8.27. The number of halogens is 3. The van der Waals surface area contributed by atoms with E-state index < -0.39 is 9.84 Å². The molecular formula is C24H19Cl3N4O3S2. The van der Waals surface area contributed by atoms with E-state index in [0.717, 1.165) is 17.3 Å². The van der Waals surface area contributed by atoms with Crippen LogP contribution in [0.2, 0.25) is 15.1 Å². The lowest BCUT2D eigenvalue weighted by Gasteiger charge is -2.12. The van der Waals surface area contributed by atoms with Gasteiger partial charge < -0.3 is 5.32 Å². The molecule has 0 aliphatic rings. The van der Waals surface area contributed by atoms with Crippen LogP contribution in [0.15, 0.2) is 76.8 Å². The number of nitrogens with zero attached hydrogens (tertiary/aromatic N) is 3. The van der Waals surface area contributed by atoms with E-state index in [9.17, 15) is 13.2 Å². The van der Waals surface area contributed by atoms with Crippen LogP contribution in [0.4, 0.5) is 5.69 Å². The number of nitrogens with one attached hydrogen (secondary N) is 1. The topological polar surface area (TPSA) is 94.0 Å². The molecule has 0 spiro atoms. The van der Waals surface area contributed by atoms with Gasteiger partial charge in [0.1, 0.15) is 5.75 Å². The molecule has 3 aromatic carbocycles. The van der Waals surface area contributed by atoms with Gasteiger partial charge in [0.15, 0.2) is 20.8 Å². The summed E-state index contributed by atoms with van der Waals surface area (Å²) >= 11 is 19.3. The molecule has 7 nitrogen and oxygen atoms in total. The van der Waals surface area contributed by atoms with E-state index in [-0.39, 0.29) is 43.9 Å². The Labute approximate surface area is 227 Å². The molecule has 4 aromatic rings. The zero-order valence-electron chi connectivity index (χ0n) is 18.8. The smallest absolute Gasteiger partial charge is 0.234 e. The van der Waals surface area contributed by atoms with Gasteiger partial charge >= 0.3 is 0 Å². The zero-order chi connectivity index (χ0) is 25.9. The van der Waals surface area contributed by atoms with Gasteiger partial charge in [0.25, 0.3) is 0 Å². The molecule has 4 rings (SSSR count). The van der Waals surface area contributed by atoms with Gasteiger partial charge in [-0.15, -0.1) is 10.2 Å². The largest absolute Gasteiger partial charge is 0.323 e. The fourth-order valence-corrected chi connectivity index (χ4v) is 6.22. The number of amides is 1. The second kappa shape index (κ2) is 11.2. The first-order chi connectivity index (χ1) is 17.1. The third kappa shape index (κ3) is 6.22. The highest BCUT2D eigenvalue weighted by molar-refractivity contribution is 7.99. The Morgan fingerprint density at radius 2 is 1.61 bits per heavy atom. The average Bonchev–Trinajstić information content (AvgIpc) is 3.22. The molecule has 0 unspecified atom stereocenters. The van der Waals surface area contributed by atoms with Crippen molar-refractivity contribution in [3.8, 4) is 5.69 Å². The molecule has 0 atom stereocenters. The fourth-order valence-electron chi connectivity index (χ4n) is 3.29. The summed E-state index contributed by atoms with van der Waals surface area (Å²) in [6.07, 6.45) is 0. The number of anilines is 1. The molecule has 0 radical (unpaired) electrons. The predicted octanol–water partition coefficient (Wildman–Crippen LogP) is 6.24. The van der Waals surface area contributed by atoms with Gasteiger partial charge in [-0.2, -0.15) is 0 Å². The Morgan fingerprint density at radius 1 is 0.972 bits per heavy atom. The minimum absolute atomic E-state index is 0.0506. The van der Waals surface area contributed by atoms with E-state index >= 15 is 0 Å². The summed E-state index contributed by atoms with van der Waals surface area (Å²) in [5.41, 5.74) is 1.88. The number of hydrogen-bond acceptors (Lipinski definition) is 6. The maximum Gasteiger partial charge on any atom is 0.234 e. The first-order valence-electron chi connectivity index (χ1n) is 10.5. The standard InChI is InChI=1S/C24H19Cl3N4O3S2/c1-15-7-9-18(10-8-15)36(33,34)14-21-29-30-24(31(21)17-5-3-2-4-6-17)35-13-22(32)28-23-19(26)11-16(25)12-20(23)27/h2-12H,13-14H2,1H3,(H,28,32). The van der Waals surface area contributed by atoms with Crippen LogP contribution in [0.3, 0.4) is 0 Å². The van der Waals surface area contributed by atoms with Gasteiger partial charge in [0, 0.05) is 10.7 Å². The van der Waals surface area contributed by atoms with Crippen molar-refractivity contribution < 1.29 is 13.2 Å². The maximum absolute atomic E-state index is 13.1. The second-order valence-corrected chi connectivity index (χ2v) is 11.9. The monoisotopic (exact) mass is 580 g/mol. The number of aryl methyl sites for hydroxylation is 1. The van der Waals surface area contributed by atoms with Gasteiger partial charge in [-0.05, 0) is 43.3 Å². The fraction of sp³-hybridized carbons (Fsp3) is 0.125. The van der Waals surface area contributed by atoms with Gasteiger partial charge in [0.05, 0.1) is 26.4 Å². The number of thioether (sulfide) groups is 1. The van der Waals surface area contributed by atoms with Crippen LogP contribution in [-0.4, -0.2) is 34.8 Å². The average molecular weight is 582 g/mol. The second-order valence-electron chi connectivity index (χ2n) is 7.72. The number of benzene rings is 3. The van der Waals surface area contributed by atoms with Crippen LogP contribution in [0.1, 0.15) is 11.4 Å². The van der Waals surface area contributed by atoms with Crippen molar-refractivity contribution in [1.29, 1.82) is 0 Å². The van der Waals surface area contributed by atoms with Crippen LogP contribution in [0, 0.1) is 6.92 Å². The molecule has 1 heterocycles. The first-order valence-corrected chi connectivity index (χ1v) is 14.3. The van der Waals surface area contributed by atoms with Gasteiger partial charge in [-0.1, -0.05) is 82.5 Å². The summed E-state index contributed by atoms with van der Waals surface area (Å²) in [5, 5.41) is 12.1. The highest BCUT2D eigenvalue weighted by atomic mass is 35.5. The summed E-state index contributed by atoms with van der Waals surface area (Å²) in [6.45, 7) is 1.89. The van der Waals surface area contributed by atoms with Crippen molar-refractivity contribution in [1.82, 2.24) is 14.8 Å². The van der Waals surface area contributed by atoms with Crippen molar-refractivity contribution in [2.45, 2.75) is 22.7 Å². The number of hydrogen-bond donors (Lipinski definition) is 1. The maximum atomic E-state index is 13.1. The normalized spacial score (nSPS) is 11.4. The molecule has 186 valence electrons. The van der Waals surface area contributed by atoms with Crippen LogP contribution >= 0.6 is 46.6 Å². The van der Waals surface area contributed by atoms with Crippen LogP contribution in [0.25, 0.3) is 5.69 Å². The number of aromatic nitrogens is 3. The summed E-state index contributed by atoms with van der Waals surface area (Å²) in [4.78, 5) is 12.8. The van der Waals surface area contributed by atoms with Gasteiger partial charge in [0.2, 0.25) is 5.91 Å². The minimum atomic E-state index is -3.68. The number of carbonyl (C=O) groups is 1. The van der Waals surface area contributed by atoms with E-state index in [1.165, 1.54) is 12.1 Å².